The molecule has 4 aromatic rings. The lowest BCUT2D eigenvalue weighted by atomic mass is 10.1. The highest BCUT2D eigenvalue weighted by molar-refractivity contribution is 6.02. The molecule has 0 atom stereocenters. The maximum absolute atomic E-state index is 12.2. The summed E-state index contributed by atoms with van der Waals surface area (Å²) in [7, 11) is 0. The van der Waals surface area contributed by atoms with E-state index in [1.54, 1.807) is 12.1 Å². The number of nitrogen functional groups attached to an aromatic ring is 1. The number of carboxylic acids is 1. The zero-order valence-electron chi connectivity index (χ0n) is 20.6. The van der Waals surface area contributed by atoms with Crippen LogP contribution in [0.3, 0.4) is 0 Å². The molecule has 0 spiro atoms. The summed E-state index contributed by atoms with van der Waals surface area (Å²) in [5.41, 5.74) is 8.61. The van der Waals surface area contributed by atoms with E-state index in [0.29, 0.717) is 58.4 Å². The lowest BCUT2D eigenvalue weighted by molar-refractivity contribution is -0.138. The van der Waals surface area contributed by atoms with E-state index in [2.05, 4.69) is 21.9 Å². The van der Waals surface area contributed by atoms with Crippen LogP contribution in [-0.2, 0) is 9.59 Å². The topological polar surface area (TPSA) is 148 Å². The molecular formula is C27H27N7O4. The van der Waals surface area contributed by atoms with Gasteiger partial charge < -0.3 is 20.9 Å². The third-order valence-electron chi connectivity index (χ3n) is 6.45. The number of carboxylic acid groups (broad SMARTS) is 1. The molecule has 5 rings (SSSR count). The Bertz CT molecular complexity index is 1490. The average Bonchev–Trinajstić information content (AvgIpc) is 3.31. The van der Waals surface area contributed by atoms with Crippen LogP contribution in [0.25, 0.3) is 22.3 Å². The average molecular weight is 514 g/mol. The Morgan fingerprint density at radius 3 is 2.63 bits per heavy atom. The van der Waals surface area contributed by atoms with Gasteiger partial charge in [-0.1, -0.05) is 24.8 Å². The van der Waals surface area contributed by atoms with Crippen molar-refractivity contribution in [3.8, 4) is 22.8 Å². The van der Waals surface area contributed by atoms with Crippen LogP contribution >= 0.6 is 0 Å². The minimum absolute atomic E-state index is 0.0174. The van der Waals surface area contributed by atoms with E-state index in [1.165, 1.54) is 12.4 Å². The van der Waals surface area contributed by atoms with E-state index in [-0.39, 0.29) is 18.5 Å². The van der Waals surface area contributed by atoms with Gasteiger partial charge in [0.1, 0.15) is 23.6 Å². The molecule has 0 unspecified atom stereocenters. The van der Waals surface area contributed by atoms with Crippen molar-refractivity contribution in [1.82, 2.24) is 24.6 Å². The van der Waals surface area contributed by atoms with Gasteiger partial charge in [-0.15, -0.1) is 0 Å². The number of aliphatic carboxylic acids is 1. The Morgan fingerprint density at radius 1 is 1.16 bits per heavy atom. The fourth-order valence-corrected chi connectivity index (χ4v) is 4.63. The Morgan fingerprint density at radius 2 is 1.92 bits per heavy atom. The standard InChI is InChI=1S/C27H27N7O4/c1-2-22(35)31-20-14-17(8-9-21(20)38-19-6-4-3-5-7-19)25-24-26(28)29-16-30-27(24)34(32-25)18-10-12-33(13-11-18)15-23(36)37/h2-9,14,16,18H,1,10-13,15H2,(H,31,35)(H,36,37)(H2,28,29,30). The van der Waals surface area contributed by atoms with Gasteiger partial charge in [0.2, 0.25) is 5.91 Å². The number of rotatable bonds is 8. The Labute approximate surface area is 218 Å². The zero-order valence-corrected chi connectivity index (χ0v) is 20.6. The summed E-state index contributed by atoms with van der Waals surface area (Å²) in [6.07, 6.45) is 4.03. The largest absolute Gasteiger partial charge is 0.480 e. The minimum atomic E-state index is -0.838. The van der Waals surface area contributed by atoms with Crippen LogP contribution in [0.4, 0.5) is 11.5 Å². The van der Waals surface area contributed by atoms with E-state index in [4.69, 9.17) is 20.7 Å². The van der Waals surface area contributed by atoms with Gasteiger partial charge in [0.15, 0.2) is 11.4 Å². The number of hydrogen-bond donors (Lipinski definition) is 3. The second-order valence-electron chi connectivity index (χ2n) is 8.97. The van der Waals surface area contributed by atoms with E-state index in [9.17, 15) is 9.59 Å². The third kappa shape index (κ3) is 5.18. The van der Waals surface area contributed by atoms with Gasteiger partial charge in [-0.05, 0) is 49.2 Å². The number of para-hydroxylation sites is 1. The molecule has 1 saturated heterocycles. The van der Waals surface area contributed by atoms with Crippen molar-refractivity contribution in [2.45, 2.75) is 18.9 Å². The fraction of sp³-hybridized carbons (Fsp3) is 0.222. The van der Waals surface area contributed by atoms with Crippen LogP contribution in [0.2, 0.25) is 0 Å². The van der Waals surface area contributed by atoms with Gasteiger partial charge in [0.05, 0.1) is 23.7 Å². The molecule has 1 fully saturated rings. The van der Waals surface area contributed by atoms with Crippen LogP contribution in [-0.4, -0.2) is 61.3 Å². The smallest absolute Gasteiger partial charge is 0.317 e. The van der Waals surface area contributed by atoms with E-state index < -0.39 is 5.97 Å². The molecule has 38 heavy (non-hydrogen) atoms. The van der Waals surface area contributed by atoms with Crippen molar-refractivity contribution in [2.75, 3.05) is 30.7 Å². The van der Waals surface area contributed by atoms with Crippen molar-refractivity contribution in [3.63, 3.8) is 0 Å². The van der Waals surface area contributed by atoms with Crippen molar-refractivity contribution in [2.24, 2.45) is 0 Å². The summed E-state index contributed by atoms with van der Waals surface area (Å²) >= 11 is 0. The van der Waals surface area contributed by atoms with E-state index in [0.717, 1.165) is 12.8 Å². The monoisotopic (exact) mass is 513 g/mol. The maximum Gasteiger partial charge on any atom is 0.317 e. The quantitative estimate of drug-likeness (QED) is 0.300. The first-order chi connectivity index (χ1) is 18.4. The Kier molecular flexibility index (Phi) is 7.00. The normalized spacial score (nSPS) is 14.3. The number of hydrogen-bond acceptors (Lipinski definition) is 8. The lowest BCUT2D eigenvalue weighted by Crippen LogP contribution is -2.38. The number of carbonyl (C=O) groups excluding carboxylic acids is 1. The molecular weight excluding hydrogens is 486 g/mol. The second-order valence-corrected chi connectivity index (χ2v) is 8.97. The summed E-state index contributed by atoms with van der Waals surface area (Å²) in [5, 5.41) is 17.4. The summed E-state index contributed by atoms with van der Waals surface area (Å²) in [5.74, 6) is 0.145. The van der Waals surface area contributed by atoms with Gasteiger partial charge in [0, 0.05) is 18.7 Å². The fourth-order valence-electron chi connectivity index (χ4n) is 4.63. The predicted molar refractivity (Wildman–Crippen MR) is 143 cm³/mol. The first-order valence-corrected chi connectivity index (χ1v) is 12.2. The number of benzene rings is 2. The summed E-state index contributed by atoms with van der Waals surface area (Å²) < 4.78 is 7.88. The molecule has 1 aliphatic rings. The number of nitrogens with zero attached hydrogens (tertiary/aromatic N) is 5. The molecule has 1 aliphatic heterocycles. The van der Waals surface area contributed by atoms with Gasteiger partial charge >= 0.3 is 5.97 Å². The molecule has 3 heterocycles. The number of anilines is 2. The molecule has 2 aromatic carbocycles. The number of nitrogens with two attached hydrogens (primary N) is 1. The summed E-state index contributed by atoms with van der Waals surface area (Å²) in [6.45, 7) is 4.83. The van der Waals surface area contributed by atoms with Crippen LogP contribution in [0.1, 0.15) is 18.9 Å². The van der Waals surface area contributed by atoms with Crippen LogP contribution in [0.5, 0.6) is 11.5 Å². The molecule has 11 nitrogen and oxygen atoms in total. The molecule has 0 bridgehead atoms. The molecule has 0 radical (unpaired) electrons. The van der Waals surface area contributed by atoms with Gasteiger partial charge in [-0.2, -0.15) is 5.10 Å². The SMILES string of the molecule is C=CC(=O)Nc1cc(-c2nn(C3CCN(CC(=O)O)CC3)c3ncnc(N)c23)ccc1Oc1ccccc1. The van der Waals surface area contributed by atoms with Crippen molar-refractivity contribution < 1.29 is 19.4 Å². The Hall–Kier alpha value is -4.77. The first kappa shape index (κ1) is 24.9. The maximum atomic E-state index is 12.2. The number of nitrogens with one attached hydrogen (secondary N) is 1. The van der Waals surface area contributed by atoms with Crippen molar-refractivity contribution >= 4 is 34.4 Å². The van der Waals surface area contributed by atoms with E-state index >= 15 is 0 Å². The molecule has 1 amide bonds. The highest BCUT2D eigenvalue weighted by Crippen LogP contribution is 2.38. The molecule has 4 N–H and O–H groups in total. The van der Waals surface area contributed by atoms with Gasteiger partial charge in [-0.25, -0.2) is 14.6 Å². The molecule has 194 valence electrons. The zero-order chi connectivity index (χ0) is 26.6. The predicted octanol–water partition coefficient (Wildman–Crippen LogP) is 3.71. The number of amides is 1. The number of carbonyl (C=O) groups is 2. The number of aromatic nitrogens is 4. The van der Waals surface area contributed by atoms with E-state index in [1.807, 2.05) is 46.0 Å². The highest BCUT2D eigenvalue weighted by Gasteiger charge is 2.27. The molecule has 2 aromatic heterocycles. The number of ether oxygens (including phenoxy) is 1. The first-order valence-electron chi connectivity index (χ1n) is 12.2. The molecule has 0 aliphatic carbocycles. The van der Waals surface area contributed by atoms with Crippen LogP contribution < -0.4 is 15.8 Å². The third-order valence-corrected chi connectivity index (χ3v) is 6.45. The summed E-state index contributed by atoms with van der Waals surface area (Å²) in [6, 6.07) is 14.6. The molecule has 11 heteroatoms. The summed E-state index contributed by atoms with van der Waals surface area (Å²) in [4.78, 5) is 33.9. The van der Waals surface area contributed by atoms with Crippen molar-refractivity contribution in [1.29, 1.82) is 0 Å². The second kappa shape index (κ2) is 10.7. The minimum Gasteiger partial charge on any atom is -0.480 e. The number of piperidine rings is 1. The molecule has 0 saturated carbocycles. The lowest BCUT2D eigenvalue weighted by Gasteiger charge is -2.30. The van der Waals surface area contributed by atoms with Gasteiger partial charge in [-0.3, -0.25) is 14.5 Å². The van der Waals surface area contributed by atoms with Gasteiger partial charge in [0.25, 0.3) is 0 Å². The highest BCUT2D eigenvalue weighted by atomic mass is 16.5. The number of likely N-dealkylation sites (tertiary alicyclic amines) is 1. The van der Waals surface area contributed by atoms with Crippen LogP contribution in [0.15, 0.2) is 67.5 Å². The Balaban J connectivity index is 1.53. The van der Waals surface area contributed by atoms with Crippen molar-refractivity contribution in [3.05, 3.63) is 67.5 Å². The van der Waals surface area contributed by atoms with Crippen LogP contribution in [0, 0.1) is 0 Å². The number of fused-ring (bicyclic) bond motifs is 1.